The molecule has 0 aliphatic rings. The van der Waals surface area contributed by atoms with E-state index >= 15 is 0 Å². The second-order valence-electron chi connectivity index (χ2n) is 4.32. The van der Waals surface area contributed by atoms with E-state index in [1.54, 1.807) is 0 Å². The fourth-order valence-electron chi connectivity index (χ4n) is 1.99. The van der Waals surface area contributed by atoms with Crippen LogP contribution in [-0.4, -0.2) is 28.5 Å². The Kier molecular flexibility index (Phi) is 6.08. The predicted molar refractivity (Wildman–Crippen MR) is 73.5 cm³/mol. The van der Waals surface area contributed by atoms with Crippen molar-refractivity contribution < 1.29 is 4.74 Å². The van der Waals surface area contributed by atoms with Crippen molar-refractivity contribution in [1.29, 1.82) is 0 Å². The molecule has 2 unspecified atom stereocenters. The third-order valence-electron chi connectivity index (χ3n) is 3.13. The van der Waals surface area contributed by atoms with E-state index in [4.69, 9.17) is 22.2 Å². The third kappa shape index (κ3) is 3.45. The predicted octanol–water partition coefficient (Wildman–Crippen LogP) is 1.44. The Morgan fingerprint density at radius 3 is 2.61 bits per heavy atom. The van der Waals surface area contributed by atoms with Crippen LogP contribution in [0.5, 0.6) is 0 Å². The molecule has 104 valence electrons. The first-order valence-electron chi connectivity index (χ1n) is 6.33. The molecule has 1 rings (SSSR count). The van der Waals surface area contributed by atoms with Crippen LogP contribution in [0.15, 0.2) is 0 Å². The average Bonchev–Trinajstić information content (AvgIpc) is 2.62. The van der Waals surface area contributed by atoms with Gasteiger partial charge in [-0.2, -0.15) is 5.10 Å². The van der Waals surface area contributed by atoms with Crippen LogP contribution in [0.4, 0.5) is 0 Å². The van der Waals surface area contributed by atoms with Gasteiger partial charge in [-0.05, 0) is 20.3 Å². The second kappa shape index (κ2) is 7.09. The van der Waals surface area contributed by atoms with Gasteiger partial charge in [-0.15, -0.1) is 0 Å². The zero-order valence-corrected chi connectivity index (χ0v) is 12.3. The van der Waals surface area contributed by atoms with Crippen molar-refractivity contribution in [2.45, 2.75) is 45.8 Å². The normalized spacial score (nSPS) is 14.8. The lowest BCUT2D eigenvalue weighted by Crippen LogP contribution is -2.45. The van der Waals surface area contributed by atoms with Gasteiger partial charge in [-0.1, -0.05) is 18.5 Å². The highest BCUT2D eigenvalue weighted by molar-refractivity contribution is 6.31. The number of ether oxygens (including phenoxy) is 1. The summed E-state index contributed by atoms with van der Waals surface area (Å²) < 4.78 is 7.39. The van der Waals surface area contributed by atoms with Crippen LogP contribution in [0, 0.1) is 0 Å². The van der Waals surface area contributed by atoms with Crippen LogP contribution in [0.25, 0.3) is 0 Å². The summed E-state index contributed by atoms with van der Waals surface area (Å²) in [5.74, 6) is 5.59. The highest BCUT2D eigenvalue weighted by Gasteiger charge is 2.21. The zero-order valence-electron chi connectivity index (χ0n) is 11.5. The summed E-state index contributed by atoms with van der Waals surface area (Å²) >= 11 is 6.32. The molecule has 0 spiro atoms. The van der Waals surface area contributed by atoms with E-state index in [2.05, 4.69) is 10.5 Å². The number of aryl methyl sites for hydroxylation is 2. The highest BCUT2D eigenvalue weighted by Crippen LogP contribution is 2.22. The number of hydrogen-bond acceptors (Lipinski definition) is 4. The van der Waals surface area contributed by atoms with Gasteiger partial charge in [0.05, 0.1) is 28.6 Å². The fourth-order valence-corrected chi connectivity index (χ4v) is 2.36. The number of aromatic nitrogens is 2. The maximum Gasteiger partial charge on any atom is 0.0850 e. The quantitative estimate of drug-likeness (QED) is 0.583. The first kappa shape index (κ1) is 15.4. The van der Waals surface area contributed by atoms with Gasteiger partial charge in [-0.25, -0.2) is 0 Å². The highest BCUT2D eigenvalue weighted by atomic mass is 35.5. The molecule has 1 aromatic heterocycles. The molecular formula is C12H23ClN4O. The molecule has 0 amide bonds. The Balaban J connectivity index is 2.84. The van der Waals surface area contributed by atoms with Crippen molar-refractivity contribution in [1.82, 2.24) is 15.2 Å². The Hall–Kier alpha value is -0.620. The van der Waals surface area contributed by atoms with Gasteiger partial charge in [0, 0.05) is 20.1 Å². The first-order valence-corrected chi connectivity index (χ1v) is 6.70. The van der Waals surface area contributed by atoms with Crippen LogP contribution in [0.2, 0.25) is 5.02 Å². The maximum atomic E-state index is 6.32. The molecule has 0 fully saturated rings. The van der Waals surface area contributed by atoms with Crippen molar-refractivity contribution in [3.05, 3.63) is 16.4 Å². The van der Waals surface area contributed by atoms with Gasteiger partial charge >= 0.3 is 0 Å². The Labute approximate surface area is 114 Å². The molecule has 0 radical (unpaired) electrons. The summed E-state index contributed by atoms with van der Waals surface area (Å²) in [6, 6.07) is 0.0163. The van der Waals surface area contributed by atoms with Crippen molar-refractivity contribution in [3.63, 3.8) is 0 Å². The lowest BCUT2D eigenvalue weighted by Gasteiger charge is -2.23. The van der Waals surface area contributed by atoms with Gasteiger partial charge in [0.2, 0.25) is 0 Å². The zero-order chi connectivity index (χ0) is 13.7. The molecule has 18 heavy (non-hydrogen) atoms. The van der Waals surface area contributed by atoms with Gasteiger partial charge in [0.25, 0.3) is 0 Å². The number of halogens is 1. The molecule has 0 saturated carbocycles. The van der Waals surface area contributed by atoms with Crippen LogP contribution < -0.4 is 11.3 Å². The number of nitrogens with two attached hydrogens (primary N) is 1. The third-order valence-corrected chi connectivity index (χ3v) is 3.56. The molecule has 2 atom stereocenters. The van der Waals surface area contributed by atoms with E-state index in [0.717, 1.165) is 22.8 Å². The fraction of sp³-hybridized carbons (Fsp3) is 0.750. The molecule has 3 N–H and O–H groups in total. The Bertz CT molecular complexity index is 380. The molecule has 0 aromatic carbocycles. The lowest BCUT2D eigenvalue weighted by atomic mass is 10.1. The Morgan fingerprint density at radius 2 is 2.17 bits per heavy atom. The molecule has 6 heteroatoms. The summed E-state index contributed by atoms with van der Waals surface area (Å²) in [7, 11) is 1.90. The van der Waals surface area contributed by atoms with Crippen LogP contribution >= 0.6 is 11.6 Å². The van der Waals surface area contributed by atoms with Crippen LogP contribution in [-0.2, 0) is 24.6 Å². The molecular weight excluding hydrogens is 252 g/mol. The lowest BCUT2D eigenvalue weighted by molar-refractivity contribution is 0.0472. The van der Waals surface area contributed by atoms with Crippen molar-refractivity contribution in [2.24, 2.45) is 12.9 Å². The van der Waals surface area contributed by atoms with Crippen molar-refractivity contribution >= 4 is 11.6 Å². The molecule has 1 heterocycles. The standard InChI is InChI=1S/C12H23ClN4O/c1-5-9-12(13)11(17(4)16-9)7-10(15-14)8(3)18-6-2/h8,10,15H,5-7,14H2,1-4H3. The number of hydrogen-bond donors (Lipinski definition) is 2. The number of nitrogens with one attached hydrogen (secondary N) is 1. The van der Waals surface area contributed by atoms with Gasteiger partial charge in [-0.3, -0.25) is 16.0 Å². The van der Waals surface area contributed by atoms with Gasteiger partial charge < -0.3 is 4.74 Å². The molecule has 0 saturated heterocycles. The number of rotatable bonds is 7. The van der Waals surface area contributed by atoms with Gasteiger partial charge in [0.1, 0.15) is 0 Å². The van der Waals surface area contributed by atoms with E-state index in [0.29, 0.717) is 13.0 Å². The van der Waals surface area contributed by atoms with Crippen molar-refractivity contribution in [2.75, 3.05) is 6.61 Å². The van der Waals surface area contributed by atoms with E-state index in [1.165, 1.54) is 0 Å². The van der Waals surface area contributed by atoms with E-state index in [-0.39, 0.29) is 12.1 Å². The number of nitrogens with zero attached hydrogens (tertiary/aromatic N) is 2. The minimum absolute atomic E-state index is 0.0163. The van der Waals surface area contributed by atoms with E-state index in [9.17, 15) is 0 Å². The summed E-state index contributed by atoms with van der Waals surface area (Å²) in [6.45, 7) is 6.67. The topological polar surface area (TPSA) is 65.1 Å². The minimum Gasteiger partial charge on any atom is -0.377 e. The Morgan fingerprint density at radius 1 is 1.50 bits per heavy atom. The maximum absolute atomic E-state index is 6.32. The molecule has 1 aromatic rings. The monoisotopic (exact) mass is 274 g/mol. The van der Waals surface area contributed by atoms with Crippen LogP contribution in [0.1, 0.15) is 32.2 Å². The first-order chi connectivity index (χ1) is 8.54. The largest absolute Gasteiger partial charge is 0.377 e. The molecule has 0 aliphatic carbocycles. The summed E-state index contributed by atoms with van der Waals surface area (Å²) in [5, 5.41) is 5.14. The molecule has 0 bridgehead atoms. The van der Waals surface area contributed by atoms with E-state index in [1.807, 2.05) is 32.5 Å². The smallest absolute Gasteiger partial charge is 0.0850 e. The second-order valence-corrected chi connectivity index (χ2v) is 4.70. The summed E-state index contributed by atoms with van der Waals surface area (Å²) in [4.78, 5) is 0. The van der Waals surface area contributed by atoms with Crippen molar-refractivity contribution in [3.8, 4) is 0 Å². The van der Waals surface area contributed by atoms with Crippen LogP contribution in [0.3, 0.4) is 0 Å². The molecule has 5 nitrogen and oxygen atoms in total. The minimum atomic E-state index is 0.0163. The summed E-state index contributed by atoms with van der Waals surface area (Å²) in [6.07, 6.45) is 1.55. The summed E-state index contributed by atoms with van der Waals surface area (Å²) in [5.41, 5.74) is 4.71. The van der Waals surface area contributed by atoms with Gasteiger partial charge in [0.15, 0.2) is 0 Å². The molecule has 0 aliphatic heterocycles. The average molecular weight is 275 g/mol. The SMILES string of the molecule is CCOC(C)C(Cc1c(Cl)c(CC)nn1C)NN. The van der Waals surface area contributed by atoms with E-state index < -0.39 is 0 Å². The number of hydrazine groups is 1.